The lowest BCUT2D eigenvalue weighted by Gasteiger charge is -2.25. The van der Waals surface area contributed by atoms with Crippen molar-refractivity contribution >= 4 is 17.4 Å². The zero-order chi connectivity index (χ0) is 13.2. The molecule has 1 fully saturated rings. The number of carbonyl (C=O) groups excluding carboxylic acids is 1. The number of nitrogens with one attached hydrogen (secondary N) is 1. The number of amidine groups is 1. The lowest BCUT2D eigenvalue weighted by molar-refractivity contribution is -0.122. The SMILES string of the molecule is Cn1cc(NC(=O)C2(C(N)=NO)CCCC2)cn1. The average Bonchev–Trinajstić information content (AvgIpc) is 2.98. The summed E-state index contributed by atoms with van der Waals surface area (Å²) in [6.45, 7) is 0. The van der Waals surface area contributed by atoms with Gasteiger partial charge in [-0.15, -0.1) is 0 Å². The van der Waals surface area contributed by atoms with Gasteiger partial charge in [-0.2, -0.15) is 5.10 Å². The van der Waals surface area contributed by atoms with Crippen LogP contribution in [0.2, 0.25) is 0 Å². The summed E-state index contributed by atoms with van der Waals surface area (Å²) in [6, 6.07) is 0. The lowest BCUT2D eigenvalue weighted by atomic mass is 9.84. The zero-order valence-corrected chi connectivity index (χ0v) is 10.3. The summed E-state index contributed by atoms with van der Waals surface area (Å²) in [7, 11) is 1.77. The van der Waals surface area contributed by atoms with Crippen LogP contribution in [0.4, 0.5) is 5.69 Å². The first-order valence-electron chi connectivity index (χ1n) is 5.86. The van der Waals surface area contributed by atoms with E-state index >= 15 is 0 Å². The molecular weight excluding hydrogens is 234 g/mol. The first kappa shape index (κ1) is 12.4. The molecule has 1 aromatic rings. The minimum Gasteiger partial charge on any atom is -0.409 e. The van der Waals surface area contributed by atoms with Crippen molar-refractivity contribution in [2.24, 2.45) is 23.4 Å². The van der Waals surface area contributed by atoms with Crippen molar-refractivity contribution in [1.82, 2.24) is 9.78 Å². The topological polar surface area (TPSA) is 106 Å². The minimum absolute atomic E-state index is 0.0126. The van der Waals surface area contributed by atoms with Crippen LogP contribution >= 0.6 is 0 Å². The number of rotatable bonds is 3. The fraction of sp³-hybridized carbons (Fsp3) is 0.545. The maximum absolute atomic E-state index is 12.3. The van der Waals surface area contributed by atoms with Crippen LogP contribution in [0.1, 0.15) is 25.7 Å². The van der Waals surface area contributed by atoms with Gasteiger partial charge in [0.1, 0.15) is 5.41 Å². The summed E-state index contributed by atoms with van der Waals surface area (Å²) in [6.07, 6.45) is 6.27. The fourth-order valence-electron chi connectivity index (χ4n) is 2.41. The molecule has 0 aliphatic heterocycles. The van der Waals surface area contributed by atoms with Gasteiger partial charge in [0.2, 0.25) is 5.91 Å². The Morgan fingerprint density at radius 1 is 1.61 bits per heavy atom. The molecule has 1 amide bonds. The fourth-order valence-corrected chi connectivity index (χ4v) is 2.41. The van der Waals surface area contributed by atoms with E-state index in [9.17, 15) is 4.79 Å². The summed E-state index contributed by atoms with van der Waals surface area (Å²) in [5.74, 6) is -0.246. The number of anilines is 1. The summed E-state index contributed by atoms with van der Waals surface area (Å²) in [4.78, 5) is 12.3. The van der Waals surface area contributed by atoms with E-state index in [-0.39, 0.29) is 11.7 Å². The largest absolute Gasteiger partial charge is 0.409 e. The van der Waals surface area contributed by atoms with E-state index < -0.39 is 5.41 Å². The van der Waals surface area contributed by atoms with Crippen LogP contribution in [0, 0.1) is 5.41 Å². The first-order valence-corrected chi connectivity index (χ1v) is 5.86. The van der Waals surface area contributed by atoms with Gasteiger partial charge in [0.15, 0.2) is 5.84 Å². The van der Waals surface area contributed by atoms with Crippen molar-refractivity contribution in [3.8, 4) is 0 Å². The van der Waals surface area contributed by atoms with Crippen molar-refractivity contribution in [1.29, 1.82) is 0 Å². The molecule has 0 bridgehead atoms. The van der Waals surface area contributed by atoms with Crippen LogP contribution in [0.5, 0.6) is 0 Å². The van der Waals surface area contributed by atoms with Crippen molar-refractivity contribution < 1.29 is 10.0 Å². The number of aryl methyl sites for hydroxylation is 1. The van der Waals surface area contributed by atoms with Crippen LogP contribution in [0.15, 0.2) is 17.5 Å². The van der Waals surface area contributed by atoms with Gasteiger partial charge in [0, 0.05) is 13.2 Å². The Kier molecular flexibility index (Phi) is 3.22. The molecule has 0 spiro atoms. The second-order valence-electron chi connectivity index (χ2n) is 4.63. The molecule has 0 radical (unpaired) electrons. The number of oxime groups is 1. The Morgan fingerprint density at radius 2 is 2.28 bits per heavy atom. The third kappa shape index (κ3) is 2.03. The average molecular weight is 251 g/mol. The minimum atomic E-state index is -0.884. The van der Waals surface area contributed by atoms with Crippen molar-refractivity contribution in [3.63, 3.8) is 0 Å². The van der Waals surface area contributed by atoms with E-state index in [0.29, 0.717) is 18.5 Å². The molecule has 98 valence electrons. The highest BCUT2D eigenvalue weighted by Gasteiger charge is 2.45. The number of carbonyl (C=O) groups is 1. The Bertz CT molecular complexity index is 474. The van der Waals surface area contributed by atoms with Gasteiger partial charge in [-0.1, -0.05) is 18.0 Å². The molecule has 0 atom stereocenters. The number of nitrogens with zero attached hydrogens (tertiary/aromatic N) is 3. The Labute approximate surface area is 105 Å². The van der Waals surface area contributed by atoms with Crippen LogP contribution < -0.4 is 11.1 Å². The Balaban J connectivity index is 2.19. The molecule has 4 N–H and O–H groups in total. The van der Waals surface area contributed by atoms with Crippen LogP contribution in [0.25, 0.3) is 0 Å². The molecule has 0 saturated heterocycles. The number of aromatic nitrogens is 2. The molecule has 1 aliphatic rings. The molecule has 1 heterocycles. The van der Waals surface area contributed by atoms with E-state index in [1.54, 1.807) is 24.1 Å². The van der Waals surface area contributed by atoms with E-state index in [2.05, 4.69) is 15.6 Å². The quantitative estimate of drug-likeness (QED) is 0.317. The van der Waals surface area contributed by atoms with Gasteiger partial charge in [0.25, 0.3) is 0 Å². The summed E-state index contributed by atoms with van der Waals surface area (Å²) in [5, 5.41) is 18.6. The summed E-state index contributed by atoms with van der Waals surface area (Å²) >= 11 is 0. The van der Waals surface area contributed by atoms with Crippen LogP contribution in [-0.2, 0) is 11.8 Å². The van der Waals surface area contributed by atoms with Gasteiger partial charge in [-0.05, 0) is 12.8 Å². The third-order valence-electron chi connectivity index (χ3n) is 3.45. The molecular formula is C11H17N5O2. The van der Waals surface area contributed by atoms with Gasteiger partial charge in [-0.25, -0.2) is 0 Å². The zero-order valence-electron chi connectivity index (χ0n) is 10.3. The summed E-state index contributed by atoms with van der Waals surface area (Å²) < 4.78 is 1.60. The molecule has 18 heavy (non-hydrogen) atoms. The standard InChI is InChI=1S/C11H17N5O2/c1-16-7-8(6-13-16)14-10(17)11(9(12)15-18)4-2-3-5-11/h6-7,18H,2-5H2,1H3,(H2,12,15)(H,14,17). The van der Waals surface area contributed by atoms with Gasteiger partial charge in [0.05, 0.1) is 11.9 Å². The maximum atomic E-state index is 12.3. The molecule has 1 saturated carbocycles. The number of amides is 1. The van der Waals surface area contributed by atoms with Gasteiger partial charge >= 0.3 is 0 Å². The molecule has 2 rings (SSSR count). The van der Waals surface area contributed by atoms with Gasteiger partial charge < -0.3 is 16.3 Å². The van der Waals surface area contributed by atoms with Crippen LogP contribution in [-0.4, -0.2) is 26.7 Å². The second kappa shape index (κ2) is 4.67. The lowest BCUT2D eigenvalue weighted by Crippen LogP contribution is -2.45. The number of nitrogens with two attached hydrogens (primary N) is 1. The Morgan fingerprint density at radius 3 is 2.78 bits per heavy atom. The highest BCUT2D eigenvalue weighted by atomic mass is 16.4. The number of hydrogen-bond acceptors (Lipinski definition) is 4. The van der Waals surface area contributed by atoms with Crippen molar-refractivity contribution in [2.75, 3.05) is 5.32 Å². The summed E-state index contributed by atoms with van der Waals surface area (Å²) in [5.41, 5.74) is 5.42. The highest BCUT2D eigenvalue weighted by molar-refractivity contribution is 6.12. The highest BCUT2D eigenvalue weighted by Crippen LogP contribution is 2.39. The molecule has 7 nitrogen and oxygen atoms in total. The molecule has 7 heteroatoms. The van der Waals surface area contributed by atoms with E-state index in [1.165, 1.54) is 0 Å². The van der Waals surface area contributed by atoms with Crippen molar-refractivity contribution in [2.45, 2.75) is 25.7 Å². The molecule has 1 aromatic heterocycles. The number of hydrogen-bond donors (Lipinski definition) is 3. The van der Waals surface area contributed by atoms with Crippen LogP contribution in [0.3, 0.4) is 0 Å². The monoisotopic (exact) mass is 251 g/mol. The van der Waals surface area contributed by atoms with Gasteiger partial charge in [-0.3, -0.25) is 9.48 Å². The van der Waals surface area contributed by atoms with E-state index in [4.69, 9.17) is 10.9 Å². The molecule has 0 unspecified atom stereocenters. The predicted octanol–water partition coefficient (Wildman–Crippen LogP) is 0.665. The molecule has 0 aromatic carbocycles. The maximum Gasteiger partial charge on any atom is 0.238 e. The third-order valence-corrected chi connectivity index (χ3v) is 3.45. The van der Waals surface area contributed by atoms with E-state index in [1.807, 2.05) is 0 Å². The Hall–Kier alpha value is -2.05. The predicted molar refractivity (Wildman–Crippen MR) is 66.1 cm³/mol. The smallest absolute Gasteiger partial charge is 0.238 e. The van der Waals surface area contributed by atoms with Crippen molar-refractivity contribution in [3.05, 3.63) is 12.4 Å². The molecule has 1 aliphatic carbocycles. The first-order chi connectivity index (χ1) is 8.58. The van der Waals surface area contributed by atoms with E-state index in [0.717, 1.165) is 12.8 Å². The second-order valence-corrected chi connectivity index (χ2v) is 4.63. The normalized spacial score (nSPS) is 18.8.